The van der Waals surface area contributed by atoms with Gasteiger partial charge in [-0.05, 0) is 38.1 Å². The lowest BCUT2D eigenvalue weighted by Gasteiger charge is -2.03. The third-order valence-corrected chi connectivity index (χ3v) is 2.56. The van der Waals surface area contributed by atoms with Crippen molar-refractivity contribution in [3.63, 3.8) is 0 Å². The molecule has 0 saturated carbocycles. The number of rotatable bonds is 1. The number of carbonyl (C=O) groups is 1. The van der Waals surface area contributed by atoms with Gasteiger partial charge in [-0.15, -0.1) is 0 Å². The van der Waals surface area contributed by atoms with Crippen molar-refractivity contribution in [3.05, 3.63) is 24.5 Å². The number of nitrogens with zero attached hydrogens (tertiary/aromatic N) is 2. The molecular weight excluding hydrogens is 216 g/mol. The molecule has 5 nitrogen and oxygen atoms in total. The summed E-state index contributed by atoms with van der Waals surface area (Å²) in [6.07, 6.45) is 4.54. The van der Waals surface area contributed by atoms with Gasteiger partial charge in [-0.3, -0.25) is 4.98 Å². The second-order valence-electron chi connectivity index (χ2n) is 4.39. The van der Waals surface area contributed by atoms with Crippen LogP contribution >= 0.6 is 0 Å². The third-order valence-electron chi connectivity index (χ3n) is 2.56. The maximum Gasteiger partial charge on any atom is 0.316 e. The van der Waals surface area contributed by atoms with E-state index in [1.54, 1.807) is 18.3 Å². The molecular formula is C12H20N4O. The van der Waals surface area contributed by atoms with Crippen molar-refractivity contribution in [2.45, 2.75) is 13.3 Å². The third kappa shape index (κ3) is 5.87. The normalized spacial score (nSPS) is 19.3. The summed E-state index contributed by atoms with van der Waals surface area (Å²) in [6.45, 7) is 4.92. The van der Waals surface area contributed by atoms with Gasteiger partial charge in [0.25, 0.3) is 0 Å². The predicted molar refractivity (Wildman–Crippen MR) is 68.7 cm³/mol. The van der Waals surface area contributed by atoms with Crippen LogP contribution in [0, 0.1) is 5.92 Å². The minimum atomic E-state index is -0.576. The quantitative estimate of drug-likeness (QED) is 0.776. The van der Waals surface area contributed by atoms with Crippen molar-refractivity contribution in [1.29, 1.82) is 0 Å². The van der Waals surface area contributed by atoms with Crippen LogP contribution in [0.4, 0.5) is 10.5 Å². The van der Waals surface area contributed by atoms with Gasteiger partial charge in [0.05, 0.1) is 11.9 Å². The fraction of sp³-hybridized carbons (Fsp3) is 0.500. The zero-order chi connectivity index (χ0) is 12.7. The smallest absolute Gasteiger partial charge is 0.316 e. The zero-order valence-electron chi connectivity index (χ0n) is 10.4. The molecule has 2 amide bonds. The highest BCUT2D eigenvalue weighted by Gasteiger charge is 2.13. The average Bonchev–Trinajstić information content (AvgIpc) is 2.64. The lowest BCUT2D eigenvalue weighted by atomic mass is 10.2. The largest absolute Gasteiger partial charge is 0.351 e. The van der Waals surface area contributed by atoms with Gasteiger partial charge in [-0.1, -0.05) is 6.92 Å². The van der Waals surface area contributed by atoms with Crippen LogP contribution < -0.4 is 11.1 Å². The van der Waals surface area contributed by atoms with Crippen LogP contribution in [-0.4, -0.2) is 36.1 Å². The predicted octanol–water partition coefficient (Wildman–Crippen LogP) is 1.53. The zero-order valence-corrected chi connectivity index (χ0v) is 10.4. The van der Waals surface area contributed by atoms with E-state index >= 15 is 0 Å². The Morgan fingerprint density at radius 2 is 2.41 bits per heavy atom. The highest BCUT2D eigenvalue weighted by molar-refractivity contribution is 5.87. The molecule has 17 heavy (non-hydrogen) atoms. The van der Waals surface area contributed by atoms with Crippen molar-refractivity contribution in [1.82, 2.24) is 9.88 Å². The van der Waals surface area contributed by atoms with E-state index in [0.29, 0.717) is 5.69 Å². The molecule has 1 unspecified atom stereocenters. The average molecular weight is 236 g/mol. The number of nitrogens with one attached hydrogen (secondary N) is 1. The molecule has 1 aliphatic rings. The molecule has 3 N–H and O–H groups in total. The van der Waals surface area contributed by atoms with Gasteiger partial charge in [-0.2, -0.15) is 0 Å². The molecule has 1 aliphatic heterocycles. The van der Waals surface area contributed by atoms with Crippen molar-refractivity contribution in [2.75, 3.05) is 25.5 Å². The first kappa shape index (κ1) is 13.4. The summed E-state index contributed by atoms with van der Waals surface area (Å²) in [5.41, 5.74) is 5.45. The van der Waals surface area contributed by atoms with Crippen molar-refractivity contribution in [2.24, 2.45) is 11.7 Å². The Morgan fingerprint density at radius 3 is 2.76 bits per heavy atom. The van der Waals surface area contributed by atoms with Crippen LogP contribution in [-0.2, 0) is 0 Å². The first-order valence-corrected chi connectivity index (χ1v) is 5.73. The van der Waals surface area contributed by atoms with E-state index < -0.39 is 6.03 Å². The first-order valence-electron chi connectivity index (χ1n) is 5.73. The Hall–Kier alpha value is -1.62. The van der Waals surface area contributed by atoms with Gasteiger partial charge < -0.3 is 16.0 Å². The van der Waals surface area contributed by atoms with Gasteiger partial charge in [0.2, 0.25) is 0 Å². The standard InChI is InChI=1S/C6H7N3O.C6H13N/c7-6(10)9-5-2-1-3-8-4-5;1-6-3-4-7(2)5-6/h1-4H,(H3,7,9,10);6H,3-5H2,1-2H3. The molecule has 5 heteroatoms. The molecule has 0 bridgehead atoms. The summed E-state index contributed by atoms with van der Waals surface area (Å²) in [5, 5.41) is 2.38. The molecule has 1 saturated heterocycles. The fourth-order valence-electron chi connectivity index (χ4n) is 1.73. The number of urea groups is 1. The van der Waals surface area contributed by atoms with Crippen LogP contribution in [0.25, 0.3) is 0 Å². The molecule has 0 spiro atoms. The second kappa shape index (κ2) is 6.85. The van der Waals surface area contributed by atoms with Gasteiger partial charge in [0, 0.05) is 12.7 Å². The number of likely N-dealkylation sites (tertiary alicyclic amines) is 1. The molecule has 1 fully saturated rings. The molecule has 1 aromatic rings. The number of nitrogens with two attached hydrogens (primary N) is 1. The van der Waals surface area contributed by atoms with Gasteiger partial charge in [-0.25, -0.2) is 4.79 Å². The number of anilines is 1. The molecule has 0 aromatic carbocycles. The Balaban J connectivity index is 0.000000181. The summed E-state index contributed by atoms with van der Waals surface area (Å²) in [7, 11) is 2.18. The van der Waals surface area contributed by atoms with E-state index in [9.17, 15) is 4.79 Å². The monoisotopic (exact) mass is 236 g/mol. The number of hydrogen-bond donors (Lipinski definition) is 2. The van der Waals surface area contributed by atoms with Gasteiger partial charge in [0.15, 0.2) is 0 Å². The van der Waals surface area contributed by atoms with E-state index in [2.05, 4.69) is 29.2 Å². The van der Waals surface area contributed by atoms with Gasteiger partial charge in [0.1, 0.15) is 0 Å². The first-order chi connectivity index (χ1) is 8.08. The topological polar surface area (TPSA) is 71.2 Å². The SMILES string of the molecule is CC1CCN(C)C1.NC(=O)Nc1cccnc1. The molecule has 0 aliphatic carbocycles. The van der Waals surface area contributed by atoms with E-state index in [-0.39, 0.29) is 0 Å². The summed E-state index contributed by atoms with van der Waals surface area (Å²) in [5.74, 6) is 0.949. The Morgan fingerprint density at radius 1 is 1.65 bits per heavy atom. The number of carbonyl (C=O) groups excluding carboxylic acids is 1. The molecule has 2 heterocycles. The van der Waals surface area contributed by atoms with Crippen molar-refractivity contribution < 1.29 is 4.79 Å². The number of pyridine rings is 1. The molecule has 1 aromatic heterocycles. The lowest BCUT2D eigenvalue weighted by Crippen LogP contribution is -2.19. The van der Waals surface area contributed by atoms with Crippen molar-refractivity contribution in [3.8, 4) is 0 Å². The van der Waals surface area contributed by atoms with Crippen LogP contribution in [0.2, 0.25) is 0 Å². The van der Waals surface area contributed by atoms with Gasteiger partial charge >= 0.3 is 6.03 Å². The number of amides is 2. The minimum Gasteiger partial charge on any atom is -0.351 e. The molecule has 0 radical (unpaired) electrons. The maximum absolute atomic E-state index is 10.3. The summed E-state index contributed by atoms with van der Waals surface area (Å²) < 4.78 is 0. The number of hydrogen-bond acceptors (Lipinski definition) is 3. The van der Waals surface area contributed by atoms with Crippen LogP contribution in [0.5, 0.6) is 0 Å². The molecule has 2 rings (SSSR count). The summed E-state index contributed by atoms with van der Waals surface area (Å²) >= 11 is 0. The fourth-order valence-corrected chi connectivity index (χ4v) is 1.73. The number of aromatic nitrogens is 1. The Kier molecular flexibility index (Phi) is 5.42. The molecule has 1 atom stereocenters. The highest BCUT2D eigenvalue weighted by Crippen LogP contribution is 2.11. The van der Waals surface area contributed by atoms with E-state index in [1.165, 1.54) is 25.7 Å². The van der Waals surface area contributed by atoms with Crippen LogP contribution in [0.15, 0.2) is 24.5 Å². The van der Waals surface area contributed by atoms with E-state index in [0.717, 1.165) is 5.92 Å². The highest BCUT2D eigenvalue weighted by atomic mass is 16.2. The Bertz CT molecular complexity index is 334. The van der Waals surface area contributed by atoms with Crippen LogP contribution in [0.3, 0.4) is 0 Å². The summed E-state index contributed by atoms with van der Waals surface area (Å²) in [4.78, 5) is 16.4. The number of primary amides is 1. The Labute approximate surface area is 102 Å². The summed E-state index contributed by atoms with van der Waals surface area (Å²) in [6, 6.07) is 2.84. The van der Waals surface area contributed by atoms with E-state index in [1.807, 2.05) is 0 Å². The van der Waals surface area contributed by atoms with Crippen LogP contribution in [0.1, 0.15) is 13.3 Å². The van der Waals surface area contributed by atoms with E-state index in [4.69, 9.17) is 5.73 Å². The molecule has 94 valence electrons. The van der Waals surface area contributed by atoms with Crippen molar-refractivity contribution >= 4 is 11.7 Å². The maximum atomic E-state index is 10.3. The lowest BCUT2D eigenvalue weighted by molar-refractivity contribution is 0.259. The minimum absolute atomic E-state index is 0.576. The second-order valence-corrected chi connectivity index (χ2v) is 4.39.